The summed E-state index contributed by atoms with van der Waals surface area (Å²) in [5, 5.41) is 14.7. The van der Waals surface area contributed by atoms with Crippen molar-refractivity contribution in [1.29, 1.82) is 0 Å². The van der Waals surface area contributed by atoms with Gasteiger partial charge >= 0.3 is 5.97 Å². The van der Waals surface area contributed by atoms with Gasteiger partial charge in [0.15, 0.2) is 5.65 Å². The number of nitrogens with two attached hydrogens (primary N) is 1. The van der Waals surface area contributed by atoms with Crippen molar-refractivity contribution < 1.29 is 18.3 Å². The second kappa shape index (κ2) is 10.2. The Balaban J connectivity index is 0.000000237. The molecule has 39 heavy (non-hydrogen) atoms. The molecule has 8 nitrogen and oxygen atoms in total. The quantitative estimate of drug-likeness (QED) is 0.314. The molecule has 3 N–H and O–H groups in total. The first-order valence-electron chi connectivity index (χ1n) is 12.7. The number of aliphatic carboxylic acids is 1. The number of thiophene rings is 1. The van der Waals surface area contributed by atoms with E-state index in [0.29, 0.717) is 18.9 Å². The molecule has 4 aromatic rings. The summed E-state index contributed by atoms with van der Waals surface area (Å²) >= 11 is 1.56. The van der Waals surface area contributed by atoms with Crippen LogP contribution in [0.4, 0.5) is 0 Å². The smallest absolute Gasteiger partial charge is 0.319 e. The van der Waals surface area contributed by atoms with Crippen LogP contribution in [0.1, 0.15) is 57.6 Å². The number of primary sulfonamides is 1. The fourth-order valence-corrected chi connectivity index (χ4v) is 6.40. The maximum Gasteiger partial charge on any atom is 0.319 e. The van der Waals surface area contributed by atoms with Crippen LogP contribution < -0.4 is 5.14 Å². The summed E-state index contributed by atoms with van der Waals surface area (Å²) < 4.78 is 23.7. The van der Waals surface area contributed by atoms with E-state index < -0.39 is 21.4 Å². The Kier molecular flexibility index (Phi) is 7.07. The predicted molar refractivity (Wildman–Crippen MR) is 152 cm³/mol. The minimum absolute atomic E-state index is 0.156. The van der Waals surface area contributed by atoms with Gasteiger partial charge in [-0.3, -0.25) is 4.79 Å². The van der Waals surface area contributed by atoms with E-state index in [1.807, 2.05) is 26.0 Å². The molecule has 1 atom stereocenters. The van der Waals surface area contributed by atoms with Crippen LogP contribution in [0, 0.1) is 20.8 Å². The standard InChI is InChI=1S/C22H21N3O2S.C7H9NO2S/c1-13-11-14(2)23-20-18(13)24-19(15-5-6-15)25(20)12-16-7-8-17(28-16)22(21(26)27)9-3-4-10-22;1-6-2-4-7(5-3-6)11(8,9)10/h3,7-8,10-11,15H,5-6,9,12H2,1-2H3,(H,26,27);2-5H,1H3,(H2,8,9,10). The molecule has 3 aromatic heterocycles. The van der Waals surface area contributed by atoms with Gasteiger partial charge in [-0.05, 0) is 88.1 Å². The van der Waals surface area contributed by atoms with Gasteiger partial charge < -0.3 is 9.67 Å². The lowest BCUT2D eigenvalue weighted by Crippen LogP contribution is -2.30. The van der Waals surface area contributed by atoms with Gasteiger partial charge in [-0.15, -0.1) is 17.1 Å². The van der Waals surface area contributed by atoms with E-state index in [9.17, 15) is 18.3 Å². The van der Waals surface area contributed by atoms with Crippen LogP contribution in [-0.4, -0.2) is 34.0 Å². The fraction of sp³-hybridized carbons (Fsp3) is 0.310. The Labute approximate surface area is 231 Å². The normalized spacial score (nSPS) is 18.4. The number of benzene rings is 1. The van der Waals surface area contributed by atoms with Crippen LogP contribution in [-0.2, 0) is 26.8 Å². The second-order valence-corrected chi connectivity index (χ2v) is 12.9. The van der Waals surface area contributed by atoms with Crippen molar-refractivity contribution in [3.05, 3.63) is 92.7 Å². The van der Waals surface area contributed by atoms with Crippen LogP contribution >= 0.6 is 11.3 Å². The number of imidazole rings is 1. The number of rotatable bonds is 6. The van der Waals surface area contributed by atoms with Gasteiger partial charge in [0.05, 0.1) is 11.4 Å². The van der Waals surface area contributed by atoms with Gasteiger partial charge in [-0.2, -0.15) is 0 Å². The first-order valence-corrected chi connectivity index (χ1v) is 15.0. The molecule has 10 heteroatoms. The first-order chi connectivity index (χ1) is 18.5. The van der Waals surface area contributed by atoms with Crippen molar-refractivity contribution >= 4 is 38.5 Å². The number of hydrogen-bond acceptors (Lipinski definition) is 6. The molecular weight excluding hydrogens is 532 g/mol. The number of carboxylic acid groups (broad SMARTS) is 1. The summed E-state index contributed by atoms with van der Waals surface area (Å²) in [6, 6.07) is 12.5. The van der Waals surface area contributed by atoms with Crippen LogP contribution in [0.15, 0.2) is 65.2 Å². The summed E-state index contributed by atoms with van der Waals surface area (Å²) in [5.74, 6) is 0.809. The van der Waals surface area contributed by atoms with E-state index in [4.69, 9.17) is 15.1 Å². The molecular formula is C29H30N4O4S2. The third kappa shape index (κ3) is 5.46. The number of aromatic nitrogens is 3. The zero-order chi connectivity index (χ0) is 27.9. The van der Waals surface area contributed by atoms with Crippen LogP contribution in [0.2, 0.25) is 0 Å². The molecule has 0 saturated heterocycles. The minimum Gasteiger partial charge on any atom is -0.480 e. The zero-order valence-electron chi connectivity index (χ0n) is 22.0. The Bertz CT molecular complexity index is 1740. The topological polar surface area (TPSA) is 128 Å². The molecule has 0 amide bonds. The van der Waals surface area contributed by atoms with Crippen molar-refractivity contribution in [2.24, 2.45) is 5.14 Å². The number of hydrogen-bond donors (Lipinski definition) is 2. The highest BCUT2D eigenvalue weighted by Gasteiger charge is 2.40. The molecule has 1 fully saturated rings. The summed E-state index contributed by atoms with van der Waals surface area (Å²) in [5.41, 5.74) is 7.07. The van der Waals surface area contributed by atoms with Gasteiger partial charge in [0.25, 0.3) is 0 Å². The molecule has 0 aliphatic heterocycles. The second-order valence-electron chi connectivity index (χ2n) is 10.2. The lowest BCUT2D eigenvalue weighted by Gasteiger charge is -2.19. The average molecular weight is 563 g/mol. The Morgan fingerprint density at radius 1 is 1.15 bits per heavy atom. The number of carbonyl (C=O) groups is 1. The summed E-state index contributed by atoms with van der Waals surface area (Å²) in [6.45, 7) is 6.66. The lowest BCUT2D eigenvalue weighted by atomic mass is 9.86. The Morgan fingerprint density at radius 2 is 1.87 bits per heavy atom. The number of sulfonamides is 1. The van der Waals surface area contributed by atoms with Crippen LogP contribution in [0.25, 0.3) is 11.2 Å². The highest BCUT2D eigenvalue weighted by Crippen LogP contribution is 2.42. The molecule has 3 heterocycles. The summed E-state index contributed by atoms with van der Waals surface area (Å²) in [7, 11) is -3.52. The van der Waals surface area contributed by atoms with Crippen molar-refractivity contribution in [2.75, 3.05) is 0 Å². The number of aryl methyl sites for hydroxylation is 3. The number of carboxylic acids is 1. The van der Waals surface area contributed by atoms with Gasteiger partial charge in [0.2, 0.25) is 10.0 Å². The maximum absolute atomic E-state index is 11.9. The molecule has 1 saturated carbocycles. The number of pyridine rings is 1. The van der Waals surface area contributed by atoms with Crippen molar-refractivity contribution in [3.63, 3.8) is 0 Å². The molecule has 0 bridgehead atoms. The molecule has 2 aliphatic rings. The fourth-order valence-electron chi connectivity index (χ4n) is 4.72. The van der Waals surface area contributed by atoms with E-state index in [1.54, 1.807) is 35.6 Å². The number of fused-ring (bicyclic) bond motifs is 1. The molecule has 0 spiro atoms. The van der Waals surface area contributed by atoms with Crippen LogP contribution in [0.5, 0.6) is 0 Å². The molecule has 0 radical (unpaired) electrons. The maximum atomic E-state index is 11.9. The van der Waals surface area contributed by atoms with Crippen LogP contribution in [0.3, 0.4) is 0 Å². The van der Waals surface area contributed by atoms with E-state index in [-0.39, 0.29) is 4.90 Å². The summed E-state index contributed by atoms with van der Waals surface area (Å²) in [6.07, 6.45) is 6.30. The molecule has 6 rings (SSSR count). The van der Waals surface area contributed by atoms with E-state index in [0.717, 1.165) is 43.6 Å². The largest absolute Gasteiger partial charge is 0.480 e. The SMILES string of the molecule is Cc1cc(C)c2nc(C3CC3)n(Cc3ccc(C4(C(=O)O)C=C=CC4)s3)c2n1.Cc1ccc(S(N)(=O)=O)cc1. The highest BCUT2D eigenvalue weighted by molar-refractivity contribution is 7.89. The van der Waals surface area contributed by atoms with Gasteiger partial charge in [-0.25, -0.2) is 23.5 Å². The van der Waals surface area contributed by atoms with Crippen molar-refractivity contribution in [2.45, 2.75) is 62.8 Å². The predicted octanol–water partition coefficient (Wildman–Crippen LogP) is 5.12. The van der Waals surface area contributed by atoms with Gasteiger partial charge in [0, 0.05) is 21.4 Å². The molecule has 1 aromatic carbocycles. The third-order valence-electron chi connectivity index (χ3n) is 7.01. The van der Waals surface area contributed by atoms with E-state index >= 15 is 0 Å². The van der Waals surface area contributed by atoms with Gasteiger partial charge in [-0.1, -0.05) is 17.7 Å². The monoisotopic (exact) mass is 562 g/mol. The van der Waals surface area contributed by atoms with Crippen molar-refractivity contribution in [1.82, 2.24) is 14.5 Å². The molecule has 2 aliphatic carbocycles. The average Bonchev–Trinajstić information content (AvgIpc) is 3.25. The highest BCUT2D eigenvalue weighted by atomic mass is 32.2. The lowest BCUT2D eigenvalue weighted by molar-refractivity contribution is -0.141. The third-order valence-corrected chi connectivity index (χ3v) is 9.19. The molecule has 202 valence electrons. The van der Waals surface area contributed by atoms with Gasteiger partial charge in [0.1, 0.15) is 16.8 Å². The zero-order valence-corrected chi connectivity index (χ0v) is 23.6. The Hall–Kier alpha value is -3.56. The number of nitrogens with zero attached hydrogens (tertiary/aromatic N) is 3. The summed E-state index contributed by atoms with van der Waals surface area (Å²) in [4.78, 5) is 23.8. The van der Waals surface area contributed by atoms with E-state index in [1.165, 1.54) is 25.0 Å². The minimum atomic E-state index is -3.52. The van der Waals surface area contributed by atoms with E-state index in [2.05, 4.69) is 23.3 Å². The van der Waals surface area contributed by atoms with Crippen molar-refractivity contribution in [3.8, 4) is 0 Å². The Morgan fingerprint density at radius 3 is 2.46 bits per heavy atom. The molecule has 1 unspecified atom stereocenters. The first kappa shape index (κ1) is 27.0.